The van der Waals surface area contributed by atoms with E-state index in [1.54, 1.807) is 18.2 Å². The van der Waals surface area contributed by atoms with Crippen molar-refractivity contribution in [3.63, 3.8) is 0 Å². The van der Waals surface area contributed by atoms with Gasteiger partial charge in [0.15, 0.2) is 5.82 Å². The van der Waals surface area contributed by atoms with Gasteiger partial charge in [-0.15, -0.1) is 0 Å². The smallest absolute Gasteiger partial charge is 0.295 e. The lowest BCUT2D eigenvalue weighted by molar-refractivity contribution is 0.0917. The number of furan rings is 1. The van der Waals surface area contributed by atoms with Crippen molar-refractivity contribution in [1.82, 2.24) is 15.3 Å². The lowest BCUT2D eigenvalue weighted by Crippen LogP contribution is -2.36. The van der Waals surface area contributed by atoms with E-state index < -0.39 is 12.2 Å². The second-order valence-electron chi connectivity index (χ2n) is 7.96. The Morgan fingerprint density at radius 3 is 2.89 bits per heavy atom. The molecule has 1 aliphatic carbocycles. The molecule has 27 heavy (non-hydrogen) atoms. The highest BCUT2D eigenvalue weighted by Gasteiger charge is 2.35. The highest BCUT2D eigenvalue weighted by Crippen LogP contribution is 2.42. The van der Waals surface area contributed by atoms with Crippen molar-refractivity contribution < 1.29 is 18.0 Å². The van der Waals surface area contributed by atoms with Crippen LogP contribution in [-0.4, -0.2) is 15.9 Å². The van der Waals surface area contributed by atoms with E-state index in [1.165, 1.54) is 0 Å². The van der Waals surface area contributed by atoms with E-state index in [9.17, 15) is 13.6 Å². The zero-order valence-electron chi connectivity index (χ0n) is 15.4. The van der Waals surface area contributed by atoms with Crippen molar-refractivity contribution in [1.29, 1.82) is 0 Å². The molecule has 4 rings (SSSR count). The number of carbonyl (C=O) groups excluding carboxylic acids is 1. The van der Waals surface area contributed by atoms with Gasteiger partial charge in [-0.05, 0) is 43.0 Å². The van der Waals surface area contributed by atoms with Crippen LogP contribution in [0.25, 0.3) is 11.0 Å². The molecule has 1 aliphatic rings. The fourth-order valence-corrected chi connectivity index (χ4v) is 3.83. The van der Waals surface area contributed by atoms with Crippen molar-refractivity contribution in [3.05, 3.63) is 52.7 Å². The Morgan fingerprint density at radius 1 is 1.37 bits per heavy atom. The van der Waals surface area contributed by atoms with Crippen LogP contribution in [0.2, 0.25) is 0 Å². The predicted octanol–water partition coefficient (Wildman–Crippen LogP) is 4.85. The number of nitrogens with zero attached hydrogens (tertiary/aromatic N) is 1. The summed E-state index contributed by atoms with van der Waals surface area (Å²) in [6.07, 6.45) is -1.05. The summed E-state index contributed by atoms with van der Waals surface area (Å²) in [6, 6.07) is 6.55. The average Bonchev–Trinajstić information content (AvgIpc) is 3.15. The molecule has 1 unspecified atom stereocenters. The standard InChI is InChI=1S/C20H21F2N3O2/c1-10-6-12-15(8-20(2,3)9-16(12)27-10)25-19(26)11-4-5-13-14(7-11)24-18(23-13)17(21)22/h4-7,15,17H,8-9H2,1-3H3,(H,23,24)(H,25,26). The van der Waals surface area contributed by atoms with Crippen molar-refractivity contribution in [3.8, 4) is 0 Å². The van der Waals surface area contributed by atoms with Gasteiger partial charge in [-0.25, -0.2) is 13.8 Å². The molecule has 0 fully saturated rings. The zero-order chi connectivity index (χ0) is 19.3. The fourth-order valence-electron chi connectivity index (χ4n) is 3.83. The number of benzene rings is 1. The van der Waals surface area contributed by atoms with Crippen LogP contribution in [0.4, 0.5) is 8.78 Å². The number of aromatic amines is 1. The molecular weight excluding hydrogens is 352 g/mol. The molecule has 1 amide bonds. The van der Waals surface area contributed by atoms with E-state index in [2.05, 4.69) is 29.1 Å². The number of halogens is 2. The number of carbonyl (C=O) groups is 1. The molecule has 0 spiro atoms. The normalized spacial score (nSPS) is 18.7. The fraction of sp³-hybridized carbons (Fsp3) is 0.400. The number of imidazole rings is 1. The number of aryl methyl sites for hydroxylation is 1. The predicted molar refractivity (Wildman–Crippen MR) is 96.8 cm³/mol. The maximum atomic E-state index is 12.8. The van der Waals surface area contributed by atoms with Crippen LogP contribution in [0.15, 0.2) is 28.7 Å². The molecule has 142 valence electrons. The Hall–Kier alpha value is -2.70. The molecule has 0 bridgehead atoms. The minimum atomic E-state index is -2.68. The largest absolute Gasteiger partial charge is 0.466 e. The zero-order valence-corrected chi connectivity index (χ0v) is 15.4. The first-order valence-corrected chi connectivity index (χ1v) is 8.90. The Morgan fingerprint density at radius 2 is 2.15 bits per heavy atom. The molecule has 0 saturated heterocycles. The molecular formula is C20H21F2N3O2. The number of rotatable bonds is 3. The molecule has 0 saturated carbocycles. The Kier molecular flexibility index (Phi) is 4.05. The van der Waals surface area contributed by atoms with E-state index in [4.69, 9.17) is 4.42 Å². The topological polar surface area (TPSA) is 70.9 Å². The van der Waals surface area contributed by atoms with Gasteiger partial charge in [0.1, 0.15) is 11.5 Å². The molecule has 3 aromatic rings. The number of hydrogen-bond donors (Lipinski definition) is 2. The Balaban J connectivity index is 1.61. The monoisotopic (exact) mass is 373 g/mol. The lowest BCUT2D eigenvalue weighted by Gasteiger charge is -2.34. The second-order valence-corrected chi connectivity index (χ2v) is 7.96. The van der Waals surface area contributed by atoms with E-state index in [0.29, 0.717) is 16.6 Å². The van der Waals surface area contributed by atoms with E-state index in [-0.39, 0.29) is 17.4 Å². The first-order chi connectivity index (χ1) is 12.7. The maximum Gasteiger partial charge on any atom is 0.295 e. The van der Waals surface area contributed by atoms with Crippen molar-refractivity contribution in [2.24, 2.45) is 5.41 Å². The molecule has 5 nitrogen and oxygen atoms in total. The van der Waals surface area contributed by atoms with Gasteiger partial charge in [0.05, 0.1) is 17.1 Å². The van der Waals surface area contributed by atoms with Gasteiger partial charge in [-0.2, -0.15) is 0 Å². The lowest BCUT2D eigenvalue weighted by atomic mass is 9.74. The van der Waals surface area contributed by atoms with Gasteiger partial charge in [0, 0.05) is 17.5 Å². The third-order valence-electron chi connectivity index (χ3n) is 5.01. The quantitative estimate of drug-likeness (QED) is 0.690. The Bertz CT molecular complexity index is 1020. The van der Waals surface area contributed by atoms with Crippen LogP contribution in [0.5, 0.6) is 0 Å². The highest BCUT2D eigenvalue weighted by atomic mass is 19.3. The number of hydrogen-bond acceptors (Lipinski definition) is 3. The van der Waals surface area contributed by atoms with Crippen molar-refractivity contribution >= 4 is 16.9 Å². The van der Waals surface area contributed by atoms with Gasteiger partial charge < -0.3 is 14.7 Å². The first kappa shape index (κ1) is 17.7. The second kappa shape index (κ2) is 6.18. The molecule has 2 aromatic heterocycles. The SMILES string of the molecule is Cc1cc2c(o1)CC(C)(C)CC2NC(=O)c1ccc2nc(C(F)F)[nH]c2c1. The molecule has 1 aromatic carbocycles. The number of H-pyrrole nitrogens is 1. The summed E-state index contributed by atoms with van der Waals surface area (Å²) in [5, 5.41) is 3.07. The van der Waals surface area contributed by atoms with Gasteiger partial charge in [0.25, 0.3) is 12.3 Å². The summed E-state index contributed by atoms with van der Waals surface area (Å²) in [4.78, 5) is 19.2. The number of aromatic nitrogens is 2. The van der Waals surface area contributed by atoms with Crippen LogP contribution >= 0.6 is 0 Å². The summed E-state index contributed by atoms with van der Waals surface area (Å²) in [5.74, 6) is 1.10. The number of nitrogens with one attached hydrogen (secondary N) is 2. The summed E-state index contributed by atoms with van der Waals surface area (Å²) < 4.78 is 31.4. The van der Waals surface area contributed by atoms with Crippen molar-refractivity contribution in [2.75, 3.05) is 0 Å². The summed E-state index contributed by atoms with van der Waals surface area (Å²) in [7, 11) is 0. The van der Waals surface area contributed by atoms with Crippen LogP contribution in [-0.2, 0) is 6.42 Å². The van der Waals surface area contributed by atoms with Gasteiger partial charge in [0.2, 0.25) is 0 Å². The number of alkyl halides is 2. The van der Waals surface area contributed by atoms with E-state index in [1.807, 2.05) is 13.0 Å². The Labute approximate surface area is 155 Å². The van der Waals surface area contributed by atoms with Gasteiger partial charge >= 0.3 is 0 Å². The first-order valence-electron chi connectivity index (χ1n) is 8.90. The third kappa shape index (κ3) is 3.34. The van der Waals surface area contributed by atoms with Crippen LogP contribution in [0.3, 0.4) is 0 Å². The van der Waals surface area contributed by atoms with Crippen LogP contribution in [0, 0.1) is 12.3 Å². The van der Waals surface area contributed by atoms with Crippen LogP contribution < -0.4 is 5.32 Å². The van der Waals surface area contributed by atoms with Crippen LogP contribution in [0.1, 0.15) is 66.0 Å². The van der Waals surface area contributed by atoms with E-state index in [0.717, 1.165) is 29.9 Å². The van der Waals surface area contributed by atoms with E-state index >= 15 is 0 Å². The third-order valence-corrected chi connectivity index (χ3v) is 5.01. The van der Waals surface area contributed by atoms with Gasteiger partial charge in [-0.3, -0.25) is 4.79 Å². The van der Waals surface area contributed by atoms with Gasteiger partial charge in [-0.1, -0.05) is 13.8 Å². The molecule has 2 heterocycles. The van der Waals surface area contributed by atoms with Crippen molar-refractivity contribution in [2.45, 2.75) is 46.1 Å². The minimum Gasteiger partial charge on any atom is -0.466 e. The molecule has 7 heteroatoms. The summed E-state index contributed by atoms with van der Waals surface area (Å²) >= 11 is 0. The number of amides is 1. The number of fused-ring (bicyclic) bond motifs is 2. The highest BCUT2D eigenvalue weighted by molar-refractivity contribution is 5.97. The summed E-state index contributed by atoms with van der Waals surface area (Å²) in [6.45, 7) is 6.20. The minimum absolute atomic E-state index is 0.00867. The average molecular weight is 373 g/mol. The summed E-state index contributed by atoms with van der Waals surface area (Å²) in [5.41, 5.74) is 2.25. The molecule has 0 radical (unpaired) electrons. The maximum absolute atomic E-state index is 12.8. The molecule has 2 N–H and O–H groups in total. The molecule has 1 atom stereocenters. The molecule has 0 aliphatic heterocycles.